The van der Waals surface area contributed by atoms with Crippen molar-refractivity contribution in [2.24, 2.45) is 0 Å². The van der Waals surface area contributed by atoms with Crippen LogP contribution >= 0.6 is 0 Å². The Balaban J connectivity index is 1.38. The van der Waals surface area contributed by atoms with Crippen molar-refractivity contribution in [1.29, 1.82) is 0 Å². The van der Waals surface area contributed by atoms with Crippen LogP contribution in [0.4, 0.5) is 0 Å². The van der Waals surface area contributed by atoms with Gasteiger partial charge in [-0.25, -0.2) is 0 Å². The molecule has 1 fully saturated rings. The van der Waals surface area contributed by atoms with E-state index >= 15 is 0 Å². The molecule has 1 heterocycles. The van der Waals surface area contributed by atoms with Gasteiger partial charge in [-0.2, -0.15) is 4.98 Å². The van der Waals surface area contributed by atoms with Crippen LogP contribution in [0.5, 0.6) is 5.75 Å². The van der Waals surface area contributed by atoms with Gasteiger partial charge in [-0.15, -0.1) is 0 Å². The Kier molecular flexibility index (Phi) is 6.22. The molecular weight excluding hydrogens is 334 g/mol. The van der Waals surface area contributed by atoms with Crippen LogP contribution in [0.3, 0.4) is 0 Å². The van der Waals surface area contributed by atoms with E-state index in [2.05, 4.69) is 15.5 Å². The molecular formula is C19H25N3O4. The molecule has 0 spiro atoms. The minimum Gasteiger partial charge on any atom is -0.490 e. The van der Waals surface area contributed by atoms with Crippen LogP contribution in [0.15, 0.2) is 28.8 Å². The van der Waals surface area contributed by atoms with E-state index < -0.39 is 12.0 Å². The van der Waals surface area contributed by atoms with E-state index in [1.807, 2.05) is 25.1 Å². The summed E-state index contributed by atoms with van der Waals surface area (Å²) in [6.07, 6.45) is 3.86. The third kappa shape index (κ3) is 4.82. The number of ether oxygens (including phenoxy) is 1. The predicted octanol–water partition coefficient (Wildman–Crippen LogP) is 2.13. The molecule has 0 bridgehead atoms. The summed E-state index contributed by atoms with van der Waals surface area (Å²) < 4.78 is 10.8. The summed E-state index contributed by atoms with van der Waals surface area (Å²) in [6, 6.07) is 7.46. The molecule has 3 rings (SSSR count). The van der Waals surface area contributed by atoms with Gasteiger partial charge in [-0.1, -0.05) is 36.2 Å². The van der Waals surface area contributed by atoms with Crippen molar-refractivity contribution < 1.29 is 19.2 Å². The van der Waals surface area contributed by atoms with Crippen molar-refractivity contribution in [2.45, 2.75) is 51.0 Å². The Bertz CT molecular complexity index is 725. The normalized spacial score (nSPS) is 15.8. The molecule has 2 aromatic rings. The second kappa shape index (κ2) is 8.80. The lowest BCUT2D eigenvalue weighted by Gasteiger charge is -2.13. The molecule has 0 radical (unpaired) electrons. The molecule has 1 aromatic carbocycles. The van der Waals surface area contributed by atoms with Gasteiger partial charge in [0.15, 0.2) is 11.9 Å². The van der Waals surface area contributed by atoms with Gasteiger partial charge in [0, 0.05) is 18.9 Å². The second-order valence-electron chi connectivity index (χ2n) is 6.66. The molecule has 0 saturated heterocycles. The maximum atomic E-state index is 11.9. The summed E-state index contributed by atoms with van der Waals surface area (Å²) in [5, 5.41) is 16.6. The van der Waals surface area contributed by atoms with E-state index in [0.29, 0.717) is 36.3 Å². The summed E-state index contributed by atoms with van der Waals surface area (Å²) in [5.41, 5.74) is 0.954. The molecule has 26 heavy (non-hydrogen) atoms. The van der Waals surface area contributed by atoms with Crippen LogP contribution in [-0.4, -0.2) is 40.4 Å². The average molecular weight is 359 g/mol. The minimum absolute atomic E-state index is 0.0925. The first kappa shape index (κ1) is 18.4. The van der Waals surface area contributed by atoms with Gasteiger partial charge in [0.25, 0.3) is 5.91 Å². The van der Waals surface area contributed by atoms with Gasteiger partial charge < -0.3 is 19.7 Å². The van der Waals surface area contributed by atoms with Gasteiger partial charge in [0.1, 0.15) is 12.4 Å². The first-order valence-electron chi connectivity index (χ1n) is 9.10. The van der Waals surface area contributed by atoms with E-state index in [4.69, 9.17) is 9.26 Å². The molecule has 0 aliphatic heterocycles. The minimum atomic E-state index is -1.23. The summed E-state index contributed by atoms with van der Waals surface area (Å²) in [6.45, 7) is 2.15. The first-order chi connectivity index (χ1) is 12.6. The number of hydrogen-bond donors (Lipinski definition) is 2. The number of benzene rings is 1. The van der Waals surface area contributed by atoms with Gasteiger partial charge in [-0.05, 0) is 31.4 Å². The largest absolute Gasteiger partial charge is 0.490 e. The van der Waals surface area contributed by atoms with E-state index in [9.17, 15) is 9.90 Å². The van der Waals surface area contributed by atoms with E-state index in [0.717, 1.165) is 18.4 Å². The lowest BCUT2D eigenvalue weighted by atomic mass is 10.1. The van der Waals surface area contributed by atoms with E-state index in [1.165, 1.54) is 12.8 Å². The Morgan fingerprint density at radius 2 is 2.15 bits per heavy atom. The average Bonchev–Trinajstić information content (AvgIpc) is 3.32. The molecule has 7 nitrogen and oxygen atoms in total. The van der Waals surface area contributed by atoms with Crippen molar-refractivity contribution in [3.8, 4) is 5.75 Å². The standard InChI is InChI=1S/C19H25N3O4/c1-13-6-2-5-9-16(13)25-12-15(23)18(24)20-11-10-17-21-19(26-22-17)14-7-3-4-8-14/h2,5-6,9,14-15,23H,3-4,7-8,10-12H2,1H3,(H,20,24)/t15-/m1/s1. The number of carbonyl (C=O) groups excluding carboxylic acids is 1. The number of aryl methyl sites for hydroxylation is 1. The number of aliphatic hydroxyl groups excluding tert-OH is 1. The number of para-hydroxylation sites is 1. The van der Waals surface area contributed by atoms with Crippen molar-refractivity contribution in [3.05, 3.63) is 41.5 Å². The molecule has 1 saturated carbocycles. The Morgan fingerprint density at radius 3 is 2.92 bits per heavy atom. The van der Waals surface area contributed by atoms with Gasteiger partial charge in [0.2, 0.25) is 5.89 Å². The van der Waals surface area contributed by atoms with Gasteiger partial charge in [-0.3, -0.25) is 4.79 Å². The lowest BCUT2D eigenvalue weighted by molar-refractivity contribution is -0.130. The smallest absolute Gasteiger partial charge is 0.252 e. The SMILES string of the molecule is Cc1ccccc1OC[C@@H](O)C(=O)NCCc1noc(C2CCCC2)n1. The third-order valence-electron chi connectivity index (χ3n) is 4.63. The summed E-state index contributed by atoms with van der Waals surface area (Å²) in [5.74, 6) is 1.85. The molecule has 1 atom stereocenters. The maximum Gasteiger partial charge on any atom is 0.252 e. The molecule has 1 aliphatic carbocycles. The van der Waals surface area contributed by atoms with Gasteiger partial charge in [0.05, 0.1) is 0 Å². The highest BCUT2D eigenvalue weighted by Gasteiger charge is 2.23. The van der Waals surface area contributed by atoms with Crippen LogP contribution in [0.2, 0.25) is 0 Å². The number of carbonyl (C=O) groups is 1. The fourth-order valence-corrected chi connectivity index (χ4v) is 3.09. The van der Waals surface area contributed by atoms with Crippen molar-refractivity contribution >= 4 is 5.91 Å². The Labute approximate surface area is 152 Å². The molecule has 1 aromatic heterocycles. The number of rotatable bonds is 8. The fourth-order valence-electron chi connectivity index (χ4n) is 3.09. The third-order valence-corrected chi connectivity index (χ3v) is 4.63. The number of nitrogens with zero attached hydrogens (tertiary/aromatic N) is 2. The van der Waals surface area contributed by atoms with Gasteiger partial charge >= 0.3 is 0 Å². The predicted molar refractivity (Wildman–Crippen MR) is 94.9 cm³/mol. The fraction of sp³-hybridized carbons (Fsp3) is 0.526. The zero-order valence-electron chi connectivity index (χ0n) is 15.0. The highest BCUT2D eigenvalue weighted by Crippen LogP contribution is 2.32. The number of nitrogens with one attached hydrogen (secondary N) is 1. The lowest BCUT2D eigenvalue weighted by Crippen LogP contribution is -2.39. The molecule has 2 N–H and O–H groups in total. The van der Waals surface area contributed by atoms with Crippen molar-refractivity contribution in [1.82, 2.24) is 15.5 Å². The van der Waals surface area contributed by atoms with Crippen LogP contribution < -0.4 is 10.1 Å². The monoisotopic (exact) mass is 359 g/mol. The molecule has 1 aliphatic rings. The summed E-state index contributed by atoms with van der Waals surface area (Å²) in [4.78, 5) is 16.4. The van der Waals surface area contributed by atoms with Crippen LogP contribution in [0.1, 0.15) is 48.9 Å². The van der Waals surface area contributed by atoms with Crippen molar-refractivity contribution in [2.75, 3.05) is 13.2 Å². The number of amides is 1. The zero-order valence-corrected chi connectivity index (χ0v) is 15.0. The van der Waals surface area contributed by atoms with Crippen LogP contribution in [-0.2, 0) is 11.2 Å². The highest BCUT2D eigenvalue weighted by atomic mass is 16.5. The molecule has 0 unspecified atom stereocenters. The quantitative estimate of drug-likeness (QED) is 0.749. The maximum absolute atomic E-state index is 11.9. The Hall–Kier alpha value is -2.41. The topological polar surface area (TPSA) is 97.5 Å². The number of aliphatic hydroxyl groups is 1. The molecule has 140 valence electrons. The molecule has 1 amide bonds. The number of aromatic nitrogens is 2. The van der Waals surface area contributed by atoms with E-state index in [1.54, 1.807) is 6.07 Å². The number of hydrogen-bond acceptors (Lipinski definition) is 6. The summed E-state index contributed by atoms with van der Waals surface area (Å²) >= 11 is 0. The van der Waals surface area contributed by atoms with Crippen molar-refractivity contribution in [3.63, 3.8) is 0 Å². The molecule has 7 heteroatoms. The highest BCUT2D eigenvalue weighted by molar-refractivity contribution is 5.80. The second-order valence-corrected chi connectivity index (χ2v) is 6.66. The van der Waals surface area contributed by atoms with Crippen LogP contribution in [0, 0.1) is 6.92 Å². The first-order valence-corrected chi connectivity index (χ1v) is 9.10. The van der Waals surface area contributed by atoms with E-state index in [-0.39, 0.29) is 6.61 Å². The Morgan fingerprint density at radius 1 is 1.38 bits per heavy atom. The van der Waals surface area contributed by atoms with Crippen LogP contribution in [0.25, 0.3) is 0 Å². The zero-order chi connectivity index (χ0) is 18.4. The summed E-state index contributed by atoms with van der Waals surface area (Å²) in [7, 11) is 0.